The van der Waals surface area contributed by atoms with E-state index in [0.29, 0.717) is 0 Å². The van der Waals surface area contributed by atoms with Gasteiger partial charge in [-0.3, -0.25) is 4.79 Å². The summed E-state index contributed by atoms with van der Waals surface area (Å²) in [6.45, 7) is -0.408. The number of sulfonamides is 2. The molecule has 3 rings (SSSR count). The molecule has 2 aromatic carbocycles. The summed E-state index contributed by atoms with van der Waals surface area (Å²) in [6.07, 6.45) is 0. The highest BCUT2D eigenvalue weighted by Crippen LogP contribution is 2.25. The van der Waals surface area contributed by atoms with Crippen LogP contribution >= 0.6 is 0 Å². The van der Waals surface area contributed by atoms with Gasteiger partial charge in [0.15, 0.2) is 0 Å². The molecule has 2 aromatic rings. The number of hydrogen-bond acceptors (Lipinski definition) is 5. The molecule has 0 saturated carbocycles. The fourth-order valence-electron chi connectivity index (χ4n) is 3.22. The van der Waals surface area contributed by atoms with Gasteiger partial charge in [-0.1, -0.05) is 36.4 Å². The van der Waals surface area contributed by atoms with E-state index in [0.717, 1.165) is 4.31 Å². The fourth-order valence-corrected chi connectivity index (χ4v) is 6.26. The van der Waals surface area contributed by atoms with Crippen molar-refractivity contribution in [2.75, 3.05) is 33.7 Å². The Labute approximate surface area is 171 Å². The topological polar surface area (TPSA) is 95.1 Å². The minimum atomic E-state index is -3.96. The SMILES string of the molecule is CN(C)C(=O)[C@@H]1CN(S(=O)(=O)c2ccccc2)CCN1S(=O)(=O)c1ccccc1. The number of likely N-dealkylation sites (N-methyl/N-ethyl adjacent to an activating group) is 1. The Kier molecular flexibility index (Phi) is 6.08. The molecule has 1 fully saturated rings. The third-order valence-corrected chi connectivity index (χ3v) is 8.55. The molecule has 0 spiro atoms. The van der Waals surface area contributed by atoms with E-state index in [1.54, 1.807) is 36.4 Å². The number of piperazine rings is 1. The number of amides is 1. The first-order valence-corrected chi connectivity index (χ1v) is 11.9. The Bertz CT molecular complexity index is 1070. The van der Waals surface area contributed by atoms with Gasteiger partial charge in [-0.25, -0.2) is 16.8 Å². The summed E-state index contributed by atoms with van der Waals surface area (Å²) in [5, 5.41) is 0. The lowest BCUT2D eigenvalue weighted by molar-refractivity contribution is -0.133. The van der Waals surface area contributed by atoms with Crippen LogP contribution in [0.2, 0.25) is 0 Å². The largest absolute Gasteiger partial charge is 0.347 e. The van der Waals surface area contributed by atoms with Crippen molar-refractivity contribution >= 4 is 26.0 Å². The smallest absolute Gasteiger partial charge is 0.243 e. The van der Waals surface area contributed by atoms with Crippen molar-refractivity contribution in [2.24, 2.45) is 0 Å². The second kappa shape index (κ2) is 8.23. The third kappa shape index (κ3) is 4.20. The summed E-state index contributed by atoms with van der Waals surface area (Å²) in [4.78, 5) is 14.2. The van der Waals surface area contributed by atoms with Crippen LogP contribution in [-0.4, -0.2) is 76.0 Å². The first-order chi connectivity index (χ1) is 13.7. The highest BCUT2D eigenvalue weighted by Gasteiger charge is 2.43. The maximum Gasteiger partial charge on any atom is 0.243 e. The normalized spacial score (nSPS) is 19.0. The van der Waals surface area contributed by atoms with Crippen LogP contribution in [0.1, 0.15) is 0 Å². The minimum Gasteiger partial charge on any atom is -0.347 e. The maximum absolute atomic E-state index is 13.1. The molecule has 156 valence electrons. The summed E-state index contributed by atoms with van der Waals surface area (Å²) in [7, 11) is -4.78. The lowest BCUT2D eigenvalue weighted by atomic mass is 10.2. The molecule has 0 aliphatic carbocycles. The molecule has 1 aliphatic heterocycles. The van der Waals surface area contributed by atoms with Crippen molar-refractivity contribution in [1.29, 1.82) is 0 Å². The molecular formula is C19H23N3O5S2. The zero-order chi connectivity index (χ0) is 21.2. The van der Waals surface area contributed by atoms with Gasteiger partial charge in [0.25, 0.3) is 0 Å². The number of benzene rings is 2. The van der Waals surface area contributed by atoms with Crippen LogP contribution in [0.25, 0.3) is 0 Å². The highest BCUT2D eigenvalue weighted by atomic mass is 32.2. The number of hydrogen-bond donors (Lipinski definition) is 0. The van der Waals surface area contributed by atoms with Crippen molar-refractivity contribution in [3.05, 3.63) is 60.7 Å². The molecule has 0 unspecified atom stereocenters. The Balaban J connectivity index is 1.97. The fraction of sp³-hybridized carbons (Fsp3) is 0.316. The van der Waals surface area contributed by atoms with Gasteiger partial charge in [0.05, 0.1) is 9.79 Å². The summed E-state index contributed by atoms with van der Waals surface area (Å²) < 4.78 is 54.5. The van der Waals surface area contributed by atoms with Gasteiger partial charge in [0.2, 0.25) is 26.0 Å². The zero-order valence-electron chi connectivity index (χ0n) is 16.2. The predicted molar refractivity (Wildman–Crippen MR) is 108 cm³/mol. The molecule has 29 heavy (non-hydrogen) atoms. The summed E-state index contributed by atoms with van der Waals surface area (Å²) in [6, 6.07) is 14.6. The quantitative estimate of drug-likeness (QED) is 0.691. The first kappa shape index (κ1) is 21.4. The van der Waals surface area contributed by atoms with Crippen molar-refractivity contribution in [1.82, 2.24) is 13.5 Å². The molecule has 0 bridgehead atoms. The summed E-state index contributed by atoms with van der Waals surface area (Å²) in [5.41, 5.74) is 0. The second-order valence-electron chi connectivity index (χ2n) is 6.85. The average Bonchev–Trinajstić information content (AvgIpc) is 2.74. The number of rotatable bonds is 5. The van der Waals surface area contributed by atoms with Crippen molar-refractivity contribution in [3.8, 4) is 0 Å². The van der Waals surface area contributed by atoms with E-state index in [4.69, 9.17) is 0 Å². The van der Waals surface area contributed by atoms with E-state index in [1.165, 1.54) is 47.6 Å². The number of carbonyl (C=O) groups is 1. The van der Waals surface area contributed by atoms with Crippen molar-refractivity contribution in [2.45, 2.75) is 15.8 Å². The molecule has 0 aromatic heterocycles. The van der Waals surface area contributed by atoms with E-state index in [-0.39, 0.29) is 29.4 Å². The Hall–Kier alpha value is -2.27. The Morgan fingerprint density at radius 2 is 1.31 bits per heavy atom. The molecular weight excluding hydrogens is 414 g/mol. The Morgan fingerprint density at radius 3 is 1.79 bits per heavy atom. The van der Waals surface area contributed by atoms with E-state index < -0.39 is 32.0 Å². The second-order valence-corrected chi connectivity index (χ2v) is 10.7. The minimum absolute atomic E-state index is 0.0412. The lowest BCUT2D eigenvalue weighted by Gasteiger charge is -2.39. The molecule has 1 aliphatic rings. The van der Waals surface area contributed by atoms with Gasteiger partial charge >= 0.3 is 0 Å². The van der Waals surface area contributed by atoms with Crippen LogP contribution in [0.15, 0.2) is 70.5 Å². The first-order valence-electron chi connectivity index (χ1n) is 8.99. The Morgan fingerprint density at radius 1 is 0.828 bits per heavy atom. The molecule has 0 N–H and O–H groups in total. The van der Waals surface area contributed by atoms with Gasteiger partial charge in [0, 0.05) is 33.7 Å². The monoisotopic (exact) mass is 437 g/mol. The van der Waals surface area contributed by atoms with Gasteiger partial charge in [0.1, 0.15) is 6.04 Å². The van der Waals surface area contributed by atoms with E-state index in [1.807, 2.05) is 0 Å². The highest BCUT2D eigenvalue weighted by molar-refractivity contribution is 7.89. The number of nitrogens with zero attached hydrogens (tertiary/aromatic N) is 3. The molecule has 1 saturated heterocycles. The van der Waals surface area contributed by atoms with Gasteiger partial charge in [-0.2, -0.15) is 8.61 Å². The van der Waals surface area contributed by atoms with Gasteiger partial charge < -0.3 is 4.90 Å². The van der Waals surface area contributed by atoms with E-state index in [9.17, 15) is 21.6 Å². The van der Waals surface area contributed by atoms with Gasteiger partial charge in [-0.15, -0.1) is 0 Å². The molecule has 8 nitrogen and oxygen atoms in total. The molecule has 1 amide bonds. The zero-order valence-corrected chi connectivity index (χ0v) is 17.8. The molecule has 1 heterocycles. The third-order valence-electron chi connectivity index (χ3n) is 4.75. The van der Waals surface area contributed by atoms with Crippen LogP contribution in [-0.2, 0) is 24.8 Å². The predicted octanol–water partition coefficient (Wildman–Crippen LogP) is 0.839. The van der Waals surface area contributed by atoms with Crippen LogP contribution in [0, 0.1) is 0 Å². The molecule has 10 heteroatoms. The maximum atomic E-state index is 13.1. The standard InChI is InChI=1S/C19H23N3O5S2/c1-20(2)19(23)18-15-21(28(24,25)16-9-5-3-6-10-16)13-14-22(18)29(26,27)17-11-7-4-8-12-17/h3-12,18H,13-15H2,1-2H3/t18-/m0/s1. The van der Waals surface area contributed by atoms with Crippen molar-refractivity contribution < 1.29 is 21.6 Å². The van der Waals surface area contributed by atoms with E-state index >= 15 is 0 Å². The van der Waals surface area contributed by atoms with Crippen molar-refractivity contribution in [3.63, 3.8) is 0 Å². The van der Waals surface area contributed by atoms with Crippen LogP contribution in [0.4, 0.5) is 0 Å². The van der Waals surface area contributed by atoms with E-state index in [2.05, 4.69) is 0 Å². The molecule has 1 atom stereocenters. The molecule has 0 radical (unpaired) electrons. The lowest BCUT2D eigenvalue weighted by Crippen LogP contribution is -2.61. The number of carbonyl (C=O) groups excluding carboxylic acids is 1. The summed E-state index contributed by atoms with van der Waals surface area (Å²) in [5.74, 6) is -0.475. The average molecular weight is 438 g/mol. The summed E-state index contributed by atoms with van der Waals surface area (Å²) >= 11 is 0. The van der Waals surface area contributed by atoms with Crippen LogP contribution in [0.5, 0.6) is 0 Å². The van der Waals surface area contributed by atoms with Crippen LogP contribution in [0.3, 0.4) is 0 Å². The van der Waals surface area contributed by atoms with Gasteiger partial charge in [-0.05, 0) is 24.3 Å². The van der Waals surface area contributed by atoms with Crippen LogP contribution < -0.4 is 0 Å².